The van der Waals surface area contributed by atoms with Crippen LogP contribution < -0.4 is 5.73 Å². The van der Waals surface area contributed by atoms with Crippen molar-refractivity contribution in [1.82, 2.24) is 9.61 Å². The van der Waals surface area contributed by atoms with Gasteiger partial charge in [0.1, 0.15) is 0 Å². The van der Waals surface area contributed by atoms with E-state index in [0.717, 1.165) is 12.1 Å². The van der Waals surface area contributed by atoms with Gasteiger partial charge in [-0.2, -0.15) is 5.10 Å². The Morgan fingerprint density at radius 2 is 2.31 bits per heavy atom. The summed E-state index contributed by atoms with van der Waals surface area (Å²) in [6.07, 6.45) is 2.86. The Morgan fingerprint density at radius 1 is 1.46 bits per heavy atom. The molecule has 0 unspecified atom stereocenters. The van der Waals surface area contributed by atoms with Gasteiger partial charge in [-0.05, 0) is 32.0 Å². The van der Waals surface area contributed by atoms with Crippen molar-refractivity contribution in [2.45, 2.75) is 13.3 Å². The van der Waals surface area contributed by atoms with Crippen LogP contribution in [0, 0.1) is 6.92 Å². The molecule has 0 atom stereocenters. The summed E-state index contributed by atoms with van der Waals surface area (Å²) in [7, 11) is 0. The van der Waals surface area contributed by atoms with Crippen LogP contribution in [0.2, 0.25) is 0 Å². The van der Waals surface area contributed by atoms with Gasteiger partial charge in [-0.1, -0.05) is 6.07 Å². The van der Waals surface area contributed by atoms with E-state index in [0.29, 0.717) is 6.54 Å². The standard InChI is InChI=1S/C10H13N3/c1-8-9(5-6-11)10-4-2-3-7-13(10)12-8/h2-4,7H,5-6,11H2,1H3. The highest BCUT2D eigenvalue weighted by atomic mass is 15.2. The largest absolute Gasteiger partial charge is 0.330 e. The zero-order chi connectivity index (χ0) is 9.26. The molecule has 2 N–H and O–H groups in total. The molecular weight excluding hydrogens is 162 g/mol. The van der Waals surface area contributed by atoms with E-state index in [1.165, 1.54) is 11.1 Å². The van der Waals surface area contributed by atoms with Crippen LogP contribution >= 0.6 is 0 Å². The minimum atomic E-state index is 0.678. The molecule has 0 spiro atoms. The normalized spacial score (nSPS) is 10.9. The fourth-order valence-corrected chi connectivity index (χ4v) is 1.62. The molecule has 0 amide bonds. The Labute approximate surface area is 77.2 Å². The number of hydrogen-bond donors (Lipinski definition) is 1. The van der Waals surface area contributed by atoms with Crippen molar-refractivity contribution in [3.63, 3.8) is 0 Å². The van der Waals surface area contributed by atoms with Gasteiger partial charge >= 0.3 is 0 Å². The molecule has 0 bridgehead atoms. The Balaban J connectivity index is 2.64. The second kappa shape index (κ2) is 3.18. The second-order valence-corrected chi connectivity index (χ2v) is 3.13. The molecule has 3 heteroatoms. The van der Waals surface area contributed by atoms with Crippen LogP contribution in [0.3, 0.4) is 0 Å². The molecule has 2 heterocycles. The molecule has 0 aliphatic carbocycles. The number of nitrogens with zero attached hydrogens (tertiary/aromatic N) is 2. The number of aryl methyl sites for hydroxylation is 1. The summed E-state index contributed by atoms with van der Waals surface area (Å²) in [5.41, 5.74) is 9.06. The maximum Gasteiger partial charge on any atom is 0.0696 e. The average Bonchev–Trinajstić information content (AvgIpc) is 2.44. The van der Waals surface area contributed by atoms with Gasteiger partial charge in [-0.3, -0.25) is 0 Å². The highest BCUT2D eigenvalue weighted by molar-refractivity contribution is 5.56. The molecule has 0 saturated heterocycles. The van der Waals surface area contributed by atoms with Gasteiger partial charge in [-0.25, -0.2) is 4.52 Å². The molecule has 2 aromatic rings. The summed E-state index contributed by atoms with van der Waals surface area (Å²) >= 11 is 0. The van der Waals surface area contributed by atoms with E-state index in [9.17, 15) is 0 Å². The van der Waals surface area contributed by atoms with Crippen LogP contribution in [0.15, 0.2) is 24.4 Å². The molecule has 2 rings (SSSR count). The summed E-state index contributed by atoms with van der Waals surface area (Å²) in [5.74, 6) is 0. The van der Waals surface area contributed by atoms with E-state index >= 15 is 0 Å². The van der Waals surface area contributed by atoms with Crippen LogP contribution in [0.25, 0.3) is 5.52 Å². The highest BCUT2D eigenvalue weighted by Gasteiger charge is 2.06. The molecule has 0 saturated carbocycles. The quantitative estimate of drug-likeness (QED) is 0.744. The third-order valence-electron chi connectivity index (χ3n) is 2.24. The summed E-state index contributed by atoms with van der Waals surface area (Å²) in [4.78, 5) is 0. The monoisotopic (exact) mass is 175 g/mol. The highest BCUT2D eigenvalue weighted by Crippen LogP contribution is 2.14. The summed E-state index contributed by atoms with van der Waals surface area (Å²) in [6.45, 7) is 2.70. The summed E-state index contributed by atoms with van der Waals surface area (Å²) in [6, 6.07) is 6.08. The Hall–Kier alpha value is -1.35. The third-order valence-corrected chi connectivity index (χ3v) is 2.24. The van der Waals surface area contributed by atoms with Gasteiger partial charge in [0.15, 0.2) is 0 Å². The van der Waals surface area contributed by atoms with Gasteiger partial charge in [0.05, 0.1) is 11.2 Å². The molecular formula is C10H13N3. The first-order valence-corrected chi connectivity index (χ1v) is 4.46. The predicted octanol–water partition coefficient (Wildman–Crippen LogP) is 1.14. The van der Waals surface area contributed by atoms with Gasteiger partial charge in [0.25, 0.3) is 0 Å². The molecule has 0 radical (unpaired) electrons. The van der Waals surface area contributed by atoms with Gasteiger partial charge in [-0.15, -0.1) is 0 Å². The first kappa shape index (κ1) is 8.26. The van der Waals surface area contributed by atoms with E-state index in [-0.39, 0.29) is 0 Å². The molecule has 0 aliphatic rings. The van der Waals surface area contributed by atoms with E-state index in [1.54, 1.807) is 0 Å². The Morgan fingerprint density at radius 3 is 3.08 bits per heavy atom. The van der Waals surface area contributed by atoms with Crippen molar-refractivity contribution in [1.29, 1.82) is 0 Å². The molecule has 68 valence electrons. The van der Waals surface area contributed by atoms with Crippen LogP contribution in [0.1, 0.15) is 11.3 Å². The maximum absolute atomic E-state index is 5.54. The minimum absolute atomic E-state index is 0.678. The molecule has 2 aromatic heterocycles. The van der Waals surface area contributed by atoms with Crippen molar-refractivity contribution in [2.24, 2.45) is 5.73 Å². The van der Waals surface area contributed by atoms with Crippen LogP contribution in [-0.2, 0) is 6.42 Å². The zero-order valence-corrected chi connectivity index (χ0v) is 7.70. The van der Waals surface area contributed by atoms with Crippen LogP contribution in [0.4, 0.5) is 0 Å². The van der Waals surface area contributed by atoms with Crippen molar-refractivity contribution >= 4 is 5.52 Å². The summed E-state index contributed by atoms with van der Waals surface area (Å²) < 4.78 is 1.90. The topological polar surface area (TPSA) is 43.3 Å². The number of fused-ring (bicyclic) bond motifs is 1. The van der Waals surface area contributed by atoms with Crippen molar-refractivity contribution < 1.29 is 0 Å². The Bertz CT molecular complexity index is 417. The maximum atomic E-state index is 5.54. The van der Waals surface area contributed by atoms with E-state index < -0.39 is 0 Å². The van der Waals surface area contributed by atoms with Gasteiger partial charge in [0, 0.05) is 11.8 Å². The number of nitrogens with two attached hydrogens (primary N) is 1. The van der Waals surface area contributed by atoms with Crippen molar-refractivity contribution in [2.75, 3.05) is 6.54 Å². The number of rotatable bonds is 2. The van der Waals surface area contributed by atoms with E-state index in [2.05, 4.69) is 11.2 Å². The molecule has 0 aromatic carbocycles. The Kier molecular flexibility index (Phi) is 2.02. The fourth-order valence-electron chi connectivity index (χ4n) is 1.62. The second-order valence-electron chi connectivity index (χ2n) is 3.13. The average molecular weight is 175 g/mol. The molecule has 0 fully saturated rings. The molecule has 0 aliphatic heterocycles. The molecule has 13 heavy (non-hydrogen) atoms. The van der Waals surface area contributed by atoms with E-state index in [4.69, 9.17) is 5.73 Å². The number of hydrogen-bond acceptors (Lipinski definition) is 2. The lowest BCUT2D eigenvalue weighted by Crippen LogP contribution is -2.03. The van der Waals surface area contributed by atoms with Gasteiger partial charge < -0.3 is 5.73 Å². The number of aromatic nitrogens is 2. The third kappa shape index (κ3) is 1.31. The predicted molar refractivity (Wildman–Crippen MR) is 52.7 cm³/mol. The SMILES string of the molecule is Cc1nn2ccccc2c1CCN. The number of pyridine rings is 1. The van der Waals surface area contributed by atoms with Crippen LogP contribution in [0.5, 0.6) is 0 Å². The summed E-state index contributed by atoms with van der Waals surface area (Å²) in [5, 5.41) is 4.39. The first-order valence-electron chi connectivity index (χ1n) is 4.46. The van der Waals surface area contributed by atoms with Gasteiger partial charge in [0.2, 0.25) is 0 Å². The fraction of sp³-hybridized carbons (Fsp3) is 0.300. The molecule has 3 nitrogen and oxygen atoms in total. The lowest BCUT2D eigenvalue weighted by molar-refractivity contribution is 0.927. The van der Waals surface area contributed by atoms with Crippen molar-refractivity contribution in [3.8, 4) is 0 Å². The smallest absolute Gasteiger partial charge is 0.0696 e. The van der Waals surface area contributed by atoms with Crippen molar-refractivity contribution in [3.05, 3.63) is 35.7 Å². The lowest BCUT2D eigenvalue weighted by Gasteiger charge is -1.96. The minimum Gasteiger partial charge on any atom is -0.330 e. The van der Waals surface area contributed by atoms with E-state index in [1.807, 2.05) is 29.8 Å². The first-order chi connectivity index (χ1) is 6.33. The zero-order valence-electron chi connectivity index (χ0n) is 7.70. The lowest BCUT2D eigenvalue weighted by atomic mass is 10.1. The van der Waals surface area contributed by atoms with Crippen LogP contribution in [-0.4, -0.2) is 16.2 Å².